The third-order valence-corrected chi connectivity index (χ3v) is 3.30. The Labute approximate surface area is 139 Å². The molecule has 0 aromatic heterocycles. The van der Waals surface area contributed by atoms with Crippen molar-refractivity contribution < 1.29 is 18.7 Å². The highest BCUT2D eigenvalue weighted by molar-refractivity contribution is 6.00. The third-order valence-electron chi connectivity index (χ3n) is 3.30. The summed E-state index contributed by atoms with van der Waals surface area (Å²) < 4.78 is 18.8. The van der Waals surface area contributed by atoms with Crippen LogP contribution in [0, 0.1) is 12.7 Å². The van der Waals surface area contributed by atoms with Gasteiger partial charge in [-0.05, 0) is 43.7 Å². The van der Waals surface area contributed by atoms with Gasteiger partial charge in [-0.15, -0.1) is 0 Å². The highest BCUT2D eigenvalue weighted by Crippen LogP contribution is 2.17. The fourth-order valence-electron chi connectivity index (χ4n) is 2.07. The van der Waals surface area contributed by atoms with Crippen LogP contribution in [0.2, 0.25) is 0 Å². The molecule has 0 saturated heterocycles. The van der Waals surface area contributed by atoms with E-state index in [9.17, 15) is 14.0 Å². The molecule has 0 saturated carbocycles. The van der Waals surface area contributed by atoms with Crippen molar-refractivity contribution in [3.05, 3.63) is 59.4 Å². The van der Waals surface area contributed by atoms with E-state index in [4.69, 9.17) is 4.74 Å². The summed E-state index contributed by atoms with van der Waals surface area (Å²) in [4.78, 5) is 24.0. The standard InChI is InChI=1S/C18H19FN2O3/c1-3-24-16-7-5-4-6-14(16)18(23)20-11-17(22)21-13-9-8-12(2)15(19)10-13/h4-10H,3,11H2,1-2H3,(H,20,23)(H,21,22). The maximum Gasteiger partial charge on any atom is 0.255 e. The summed E-state index contributed by atoms with van der Waals surface area (Å²) in [6.07, 6.45) is 0. The van der Waals surface area contributed by atoms with Crippen molar-refractivity contribution in [2.24, 2.45) is 0 Å². The first-order chi connectivity index (χ1) is 11.5. The molecular formula is C18H19FN2O3. The Hall–Kier alpha value is -2.89. The summed E-state index contributed by atoms with van der Waals surface area (Å²) in [6.45, 7) is 3.67. The van der Waals surface area contributed by atoms with Crippen LogP contribution in [0.3, 0.4) is 0 Å². The Morgan fingerprint density at radius 2 is 1.92 bits per heavy atom. The van der Waals surface area contributed by atoms with Gasteiger partial charge in [0.15, 0.2) is 0 Å². The Morgan fingerprint density at radius 1 is 1.17 bits per heavy atom. The first-order valence-corrected chi connectivity index (χ1v) is 7.57. The second kappa shape index (κ2) is 8.10. The number of nitrogens with one attached hydrogen (secondary N) is 2. The zero-order valence-corrected chi connectivity index (χ0v) is 13.6. The zero-order chi connectivity index (χ0) is 17.5. The number of amides is 2. The normalized spacial score (nSPS) is 10.1. The molecule has 5 nitrogen and oxygen atoms in total. The number of carbonyl (C=O) groups is 2. The number of hydrogen-bond donors (Lipinski definition) is 2. The maximum absolute atomic E-state index is 13.4. The van der Waals surface area contributed by atoms with Crippen LogP contribution in [0.25, 0.3) is 0 Å². The number of para-hydroxylation sites is 1. The molecule has 0 heterocycles. The average Bonchev–Trinajstić information content (AvgIpc) is 2.57. The molecule has 126 valence electrons. The van der Waals surface area contributed by atoms with Crippen LogP contribution in [0.1, 0.15) is 22.8 Å². The van der Waals surface area contributed by atoms with Crippen LogP contribution < -0.4 is 15.4 Å². The molecule has 0 aliphatic rings. The number of halogens is 1. The van der Waals surface area contributed by atoms with E-state index in [0.717, 1.165) is 0 Å². The molecule has 0 fully saturated rings. The molecule has 0 aliphatic carbocycles. The van der Waals surface area contributed by atoms with E-state index in [1.54, 1.807) is 43.3 Å². The third kappa shape index (κ3) is 4.55. The van der Waals surface area contributed by atoms with Crippen molar-refractivity contribution in [2.45, 2.75) is 13.8 Å². The van der Waals surface area contributed by atoms with Gasteiger partial charge in [0.25, 0.3) is 5.91 Å². The molecule has 2 rings (SSSR count). The van der Waals surface area contributed by atoms with Gasteiger partial charge < -0.3 is 15.4 Å². The predicted octanol–water partition coefficient (Wildman–Crippen LogP) is 2.90. The Kier molecular flexibility index (Phi) is 5.89. The van der Waals surface area contributed by atoms with Crippen molar-refractivity contribution in [2.75, 3.05) is 18.5 Å². The minimum absolute atomic E-state index is 0.227. The molecular weight excluding hydrogens is 311 g/mol. The highest BCUT2D eigenvalue weighted by Gasteiger charge is 2.13. The monoisotopic (exact) mass is 330 g/mol. The molecule has 2 aromatic carbocycles. The van der Waals surface area contributed by atoms with Crippen LogP contribution in [-0.4, -0.2) is 25.0 Å². The van der Waals surface area contributed by atoms with E-state index in [1.165, 1.54) is 6.07 Å². The number of hydrogen-bond acceptors (Lipinski definition) is 3. The Bertz CT molecular complexity index is 747. The summed E-state index contributed by atoms with van der Waals surface area (Å²) in [5.41, 5.74) is 1.19. The van der Waals surface area contributed by atoms with Gasteiger partial charge in [-0.25, -0.2) is 4.39 Å². The van der Waals surface area contributed by atoms with Crippen LogP contribution in [0.5, 0.6) is 5.75 Å². The van der Waals surface area contributed by atoms with Gasteiger partial charge in [-0.2, -0.15) is 0 Å². The van der Waals surface area contributed by atoms with E-state index in [0.29, 0.717) is 29.2 Å². The molecule has 0 bridgehead atoms. The lowest BCUT2D eigenvalue weighted by Gasteiger charge is -2.11. The van der Waals surface area contributed by atoms with Gasteiger partial charge in [0.1, 0.15) is 11.6 Å². The van der Waals surface area contributed by atoms with Gasteiger partial charge in [0.05, 0.1) is 18.7 Å². The number of carbonyl (C=O) groups excluding carboxylic acids is 2. The van der Waals surface area contributed by atoms with Crippen molar-refractivity contribution >= 4 is 17.5 Å². The molecule has 24 heavy (non-hydrogen) atoms. The molecule has 0 radical (unpaired) electrons. The first-order valence-electron chi connectivity index (χ1n) is 7.57. The first kappa shape index (κ1) is 17.5. The topological polar surface area (TPSA) is 67.4 Å². The molecule has 2 N–H and O–H groups in total. The SMILES string of the molecule is CCOc1ccccc1C(=O)NCC(=O)Nc1ccc(C)c(F)c1. The molecule has 2 aromatic rings. The molecule has 0 unspecified atom stereocenters. The van der Waals surface area contributed by atoms with Crippen molar-refractivity contribution in [1.82, 2.24) is 5.32 Å². The maximum atomic E-state index is 13.4. The van der Waals surface area contributed by atoms with E-state index in [1.807, 2.05) is 6.92 Å². The van der Waals surface area contributed by atoms with E-state index >= 15 is 0 Å². The van der Waals surface area contributed by atoms with Gasteiger partial charge in [-0.1, -0.05) is 18.2 Å². The molecule has 0 atom stereocenters. The predicted molar refractivity (Wildman–Crippen MR) is 89.7 cm³/mol. The summed E-state index contributed by atoms with van der Waals surface area (Å²) >= 11 is 0. The number of anilines is 1. The number of rotatable bonds is 6. The summed E-state index contributed by atoms with van der Waals surface area (Å²) in [5, 5.41) is 5.05. The number of aryl methyl sites for hydroxylation is 1. The minimum atomic E-state index is -0.444. The van der Waals surface area contributed by atoms with E-state index < -0.39 is 17.6 Å². The molecule has 0 aliphatic heterocycles. The van der Waals surface area contributed by atoms with Gasteiger partial charge in [0, 0.05) is 5.69 Å². The smallest absolute Gasteiger partial charge is 0.255 e. The fraction of sp³-hybridized carbons (Fsp3) is 0.222. The Morgan fingerprint density at radius 3 is 2.62 bits per heavy atom. The largest absolute Gasteiger partial charge is 0.493 e. The van der Waals surface area contributed by atoms with Crippen molar-refractivity contribution in [1.29, 1.82) is 0 Å². The van der Waals surface area contributed by atoms with Crippen LogP contribution in [0.4, 0.5) is 10.1 Å². The van der Waals surface area contributed by atoms with Gasteiger partial charge in [-0.3, -0.25) is 9.59 Å². The molecule has 6 heteroatoms. The van der Waals surface area contributed by atoms with E-state index in [-0.39, 0.29) is 6.54 Å². The summed E-state index contributed by atoms with van der Waals surface area (Å²) in [6, 6.07) is 11.2. The van der Waals surface area contributed by atoms with Crippen molar-refractivity contribution in [3.8, 4) is 5.75 Å². The van der Waals surface area contributed by atoms with Crippen molar-refractivity contribution in [3.63, 3.8) is 0 Å². The van der Waals surface area contributed by atoms with Crippen LogP contribution in [-0.2, 0) is 4.79 Å². The highest BCUT2D eigenvalue weighted by atomic mass is 19.1. The lowest BCUT2D eigenvalue weighted by molar-refractivity contribution is -0.115. The number of benzene rings is 2. The van der Waals surface area contributed by atoms with E-state index in [2.05, 4.69) is 10.6 Å². The zero-order valence-electron chi connectivity index (χ0n) is 13.6. The summed E-state index contributed by atoms with van der Waals surface area (Å²) in [5.74, 6) is -0.800. The molecule has 2 amide bonds. The van der Waals surface area contributed by atoms with Crippen LogP contribution in [0.15, 0.2) is 42.5 Å². The average molecular weight is 330 g/mol. The van der Waals surface area contributed by atoms with Gasteiger partial charge in [0.2, 0.25) is 5.91 Å². The lowest BCUT2D eigenvalue weighted by Crippen LogP contribution is -2.33. The summed E-state index contributed by atoms with van der Waals surface area (Å²) in [7, 11) is 0. The second-order valence-electron chi connectivity index (χ2n) is 5.12. The van der Waals surface area contributed by atoms with Gasteiger partial charge >= 0.3 is 0 Å². The minimum Gasteiger partial charge on any atom is -0.493 e. The Balaban J connectivity index is 1.94. The fourth-order valence-corrected chi connectivity index (χ4v) is 2.07. The van der Waals surface area contributed by atoms with Crippen LogP contribution >= 0.6 is 0 Å². The number of ether oxygens (including phenoxy) is 1. The lowest BCUT2D eigenvalue weighted by atomic mass is 10.2. The molecule has 0 spiro atoms. The second-order valence-corrected chi connectivity index (χ2v) is 5.12. The quantitative estimate of drug-likeness (QED) is 0.856.